The Morgan fingerprint density at radius 3 is 2.50 bits per heavy atom. The van der Waals surface area contributed by atoms with Crippen molar-refractivity contribution in [2.45, 2.75) is 30.7 Å². The van der Waals surface area contributed by atoms with Crippen molar-refractivity contribution in [3.05, 3.63) is 80.6 Å². The second kappa shape index (κ2) is 9.59. The first-order chi connectivity index (χ1) is 13.2. The smallest absolute Gasteiger partial charge is 0.391 e. The molecule has 0 saturated heterocycles. The van der Waals surface area contributed by atoms with Crippen LogP contribution in [0.15, 0.2) is 56.6 Å². The number of H-pyrrole nitrogens is 1. The zero-order valence-electron chi connectivity index (χ0n) is 15.3. The summed E-state index contributed by atoms with van der Waals surface area (Å²) >= 11 is 9.64. The Bertz CT molecular complexity index is 1020. The Kier molecular flexibility index (Phi) is 7.45. The number of primary amides is 1. The van der Waals surface area contributed by atoms with Crippen LogP contribution in [0.25, 0.3) is 0 Å². The quantitative estimate of drug-likeness (QED) is 0.482. The lowest BCUT2D eigenvalue weighted by Gasteiger charge is -2.18. The van der Waals surface area contributed by atoms with Crippen LogP contribution in [0.4, 0.5) is 0 Å². The number of halogens is 1. The van der Waals surface area contributed by atoms with E-state index in [0.29, 0.717) is 15.5 Å². The molecule has 28 heavy (non-hydrogen) atoms. The minimum Gasteiger partial charge on any atom is -0.391 e. The van der Waals surface area contributed by atoms with E-state index in [9.17, 15) is 9.59 Å². The van der Waals surface area contributed by atoms with Gasteiger partial charge in [0.2, 0.25) is 11.8 Å². The van der Waals surface area contributed by atoms with Crippen molar-refractivity contribution >= 4 is 30.1 Å². The van der Waals surface area contributed by atoms with Gasteiger partial charge in [-0.25, -0.2) is 9.89 Å². The summed E-state index contributed by atoms with van der Waals surface area (Å²) in [5, 5.41) is 6.46. The molecular formula is C19H21ClN4O3S. The number of hydrogen-bond acceptors (Lipinski definition) is 6. The Labute approximate surface area is 172 Å². The third kappa shape index (κ3) is 5.48. The number of carbonyl (C=O) groups excluding carboxylic acids is 1. The van der Waals surface area contributed by atoms with Gasteiger partial charge in [-0.2, -0.15) is 0 Å². The molecule has 0 aliphatic rings. The molecule has 0 aliphatic carbocycles. The summed E-state index contributed by atoms with van der Waals surface area (Å²) in [6, 6.07) is 12.3. The maximum Gasteiger partial charge on any atom is 0.434 e. The fourth-order valence-electron chi connectivity index (χ4n) is 2.59. The predicted octanol–water partition coefficient (Wildman–Crippen LogP) is 3.20. The highest BCUT2D eigenvalue weighted by Crippen LogP contribution is 2.28. The summed E-state index contributed by atoms with van der Waals surface area (Å²) in [7, 11) is 0. The van der Waals surface area contributed by atoms with Crippen LogP contribution in [-0.2, 0) is 0 Å². The molecule has 1 heterocycles. The fraction of sp³-hybridized carbons (Fsp3) is 0.211. The van der Waals surface area contributed by atoms with Crippen LogP contribution in [-0.4, -0.2) is 16.1 Å². The summed E-state index contributed by atoms with van der Waals surface area (Å²) in [5.74, 6) is -0.821. The largest absolute Gasteiger partial charge is 0.434 e. The lowest BCUT2D eigenvalue weighted by atomic mass is 9.90. The van der Waals surface area contributed by atoms with Gasteiger partial charge in [-0.1, -0.05) is 42.8 Å². The van der Waals surface area contributed by atoms with Crippen LogP contribution in [0.5, 0.6) is 0 Å². The van der Waals surface area contributed by atoms with E-state index < -0.39 is 17.7 Å². The molecule has 0 saturated carbocycles. The third-order valence-electron chi connectivity index (χ3n) is 4.18. The molecule has 0 spiro atoms. The van der Waals surface area contributed by atoms with E-state index in [-0.39, 0.29) is 11.8 Å². The van der Waals surface area contributed by atoms with Crippen molar-refractivity contribution in [3.8, 4) is 0 Å². The number of aryl methyl sites for hydroxylation is 1. The van der Waals surface area contributed by atoms with Gasteiger partial charge in [-0.3, -0.25) is 4.79 Å². The molecule has 0 bridgehead atoms. The molecule has 1 amide bonds. The van der Waals surface area contributed by atoms with Gasteiger partial charge < -0.3 is 15.9 Å². The maximum absolute atomic E-state index is 10.9. The van der Waals surface area contributed by atoms with E-state index in [1.807, 2.05) is 38.1 Å². The summed E-state index contributed by atoms with van der Waals surface area (Å²) in [6.07, 6.45) is 0. The highest BCUT2D eigenvalue weighted by Gasteiger charge is 2.22. The Balaban J connectivity index is 0.000000221. The predicted molar refractivity (Wildman–Crippen MR) is 111 cm³/mol. The number of hydrogen-bond donors (Lipinski definition) is 4. The minimum absolute atomic E-state index is 0.0302. The molecule has 0 aliphatic heterocycles. The van der Waals surface area contributed by atoms with Crippen LogP contribution in [0.3, 0.4) is 0 Å². The highest BCUT2D eigenvalue weighted by molar-refractivity contribution is 7.80. The van der Waals surface area contributed by atoms with E-state index >= 15 is 0 Å². The average Bonchev–Trinajstić information content (AvgIpc) is 3.09. The van der Waals surface area contributed by atoms with Gasteiger partial charge in [-0.15, -0.1) is 17.7 Å². The molecule has 2 atom stereocenters. The number of thiol groups is 1. The van der Waals surface area contributed by atoms with Crippen molar-refractivity contribution in [1.29, 1.82) is 0 Å². The number of rotatable bonds is 4. The van der Waals surface area contributed by atoms with E-state index in [2.05, 4.69) is 22.8 Å². The molecule has 0 radical (unpaired) electrons. The lowest BCUT2D eigenvalue weighted by Crippen LogP contribution is -2.19. The van der Waals surface area contributed by atoms with Crippen molar-refractivity contribution in [2.24, 2.45) is 11.5 Å². The number of carbonyl (C=O) groups is 1. The second-order valence-corrected chi connectivity index (χ2v) is 7.07. The van der Waals surface area contributed by atoms with Crippen LogP contribution < -0.4 is 17.2 Å². The zero-order valence-corrected chi connectivity index (χ0v) is 17.0. The first-order valence-electron chi connectivity index (χ1n) is 8.35. The van der Waals surface area contributed by atoms with Gasteiger partial charge in [-0.05, 0) is 36.2 Å². The number of aromatic nitrogens is 2. The van der Waals surface area contributed by atoms with Crippen molar-refractivity contribution in [2.75, 3.05) is 0 Å². The van der Waals surface area contributed by atoms with E-state index in [1.165, 1.54) is 6.07 Å². The summed E-state index contributed by atoms with van der Waals surface area (Å²) in [4.78, 5) is 22.1. The van der Waals surface area contributed by atoms with Crippen LogP contribution in [0.2, 0.25) is 5.02 Å². The molecule has 2 unspecified atom stereocenters. The summed E-state index contributed by atoms with van der Waals surface area (Å²) in [6.45, 7) is 4.01. The first kappa shape index (κ1) is 21.7. The number of nitrogens with one attached hydrogen (secondary N) is 1. The Morgan fingerprint density at radius 1 is 1.29 bits per heavy atom. The number of amides is 1. The molecule has 1 aromatic heterocycles. The molecule has 7 nitrogen and oxygen atoms in total. The van der Waals surface area contributed by atoms with Gasteiger partial charge in [0.1, 0.15) is 0 Å². The molecule has 3 rings (SSSR count). The summed E-state index contributed by atoms with van der Waals surface area (Å²) in [5.41, 5.74) is 13.7. The van der Waals surface area contributed by atoms with Crippen LogP contribution in [0, 0.1) is 6.92 Å². The lowest BCUT2D eigenvalue weighted by molar-refractivity contribution is 0.0997. The Morgan fingerprint density at radius 2 is 1.96 bits per heavy atom. The zero-order chi connectivity index (χ0) is 20.8. The molecule has 5 N–H and O–H groups in total. The number of nitrogens with two attached hydrogens (primary N) is 2. The monoisotopic (exact) mass is 420 g/mol. The molecule has 148 valence electrons. The van der Waals surface area contributed by atoms with Crippen LogP contribution in [0.1, 0.15) is 46.3 Å². The molecule has 3 aromatic rings. The van der Waals surface area contributed by atoms with Gasteiger partial charge in [0, 0.05) is 15.8 Å². The summed E-state index contributed by atoms with van der Waals surface area (Å²) < 4.78 is 4.88. The first-order valence-corrected chi connectivity index (χ1v) is 9.18. The molecule has 0 fully saturated rings. The number of benzene rings is 2. The highest BCUT2D eigenvalue weighted by atomic mass is 35.5. The maximum atomic E-state index is 10.9. The fourth-order valence-corrected chi connectivity index (χ4v) is 3.02. The Hall–Kier alpha value is -2.55. The molecule has 2 aromatic carbocycles. The second-order valence-electron chi connectivity index (χ2n) is 6.15. The number of aromatic amines is 1. The van der Waals surface area contributed by atoms with E-state index in [4.69, 9.17) is 27.5 Å². The van der Waals surface area contributed by atoms with E-state index in [0.717, 1.165) is 11.1 Å². The van der Waals surface area contributed by atoms with E-state index in [1.54, 1.807) is 12.1 Å². The third-order valence-corrected chi connectivity index (χ3v) is 4.81. The standard InChI is InChI=1S/C12H15N3O2.C7H6ClNOS/c1-7-5-3-4-6-9(7)8(2)10(13)11-14-15-12(16)17-11;8-4-1-2-6(11)5(3-4)7(9)10/h3-6,8,10H,13H2,1-2H3,(H,15,16);1-3,11H,(H2,9,10). The average molecular weight is 421 g/mol. The van der Waals surface area contributed by atoms with Gasteiger partial charge in [0.15, 0.2) is 0 Å². The minimum atomic E-state index is -0.576. The van der Waals surface area contributed by atoms with Crippen molar-refractivity contribution in [3.63, 3.8) is 0 Å². The SMILES string of the molecule is Cc1ccccc1C(C)C(N)c1n[nH]c(=O)o1.NC(=O)c1cc(Cl)ccc1S. The normalized spacial score (nSPS) is 12.6. The van der Waals surface area contributed by atoms with Crippen molar-refractivity contribution < 1.29 is 9.21 Å². The molecular weight excluding hydrogens is 400 g/mol. The van der Waals surface area contributed by atoms with Gasteiger partial charge in [0.05, 0.1) is 11.6 Å². The van der Waals surface area contributed by atoms with Gasteiger partial charge >= 0.3 is 5.76 Å². The van der Waals surface area contributed by atoms with Crippen LogP contribution >= 0.6 is 24.2 Å². The topological polar surface area (TPSA) is 128 Å². The number of nitrogens with zero attached hydrogens (tertiary/aromatic N) is 1. The van der Waals surface area contributed by atoms with Gasteiger partial charge in [0.25, 0.3) is 0 Å². The van der Waals surface area contributed by atoms with Crippen molar-refractivity contribution in [1.82, 2.24) is 10.2 Å². The molecule has 9 heteroatoms.